The van der Waals surface area contributed by atoms with E-state index in [1.165, 1.54) is 38.5 Å². The fourth-order valence-electron chi connectivity index (χ4n) is 6.37. The van der Waals surface area contributed by atoms with Crippen LogP contribution in [-0.4, -0.2) is 14.5 Å². The normalized spacial score (nSPS) is 36.8. The second-order valence-corrected chi connectivity index (χ2v) is 10.6. The molecular weight excluding hydrogens is 332 g/mol. The van der Waals surface area contributed by atoms with Gasteiger partial charge in [-0.15, -0.1) is 0 Å². The molecular formula is C20H30N2O2S. The molecule has 2 N–H and O–H groups in total. The first-order valence-electron chi connectivity index (χ1n) is 9.69. The molecule has 5 heteroatoms. The van der Waals surface area contributed by atoms with Crippen LogP contribution in [0.4, 0.5) is 5.69 Å². The van der Waals surface area contributed by atoms with E-state index in [1.807, 2.05) is 18.2 Å². The summed E-state index contributed by atoms with van der Waals surface area (Å²) in [4.78, 5) is 0. The predicted octanol–water partition coefficient (Wildman–Crippen LogP) is 4.17. The first-order chi connectivity index (χ1) is 11.8. The van der Waals surface area contributed by atoms with Crippen LogP contribution in [0.1, 0.15) is 52.4 Å². The minimum Gasteiger partial charge on any atom is -0.271 e. The Morgan fingerprint density at radius 1 is 1.08 bits per heavy atom. The molecule has 4 bridgehead atoms. The molecule has 2 atom stereocenters. The van der Waals surface area contributed by atoms with Crippen LogP contribution >= 0.6 is 0 Å². The second kappa shape index (κ2) is 6.27. The van der Waals surface area contributed by atoms with Crippen molar-refractivity contribution in [2.24, 2.45) is 29.1 Å². The Morgan fingerprint density at radius 3 is 2.32 bits per heavy atom. The minimum absolute atomic E-state index is 0.109. The number of hydrogen-bond donors (Lipinski definition) is 2. The van der Waals surface area contributed by atoms with Crippen molar-refractivity contribution in [1.29, 1.82) is 0 Å². The molecule has 138 valence electrons. The number of hydrogen-bond acceptors (Lipinski definition) is 2. The summed E-state index contributed by atoms with van der Waals surface area (Å²) in [5.41, 5.74) is 1.11. The van der Waals surface area contributed by atoms with Gasteiger partial charge in [-0.05, 0) is 79.7 Å². The molecule has 0 aromatic heterocycles. The van der Waals surface area contributed by atoms with Crippen molar-refractivity contribution in [1.82, 2.24) is 4.72 Å². The molecule has 1 aromatic rings. The molecule has 4 nitrogen and oxygen atoms in total. The molecule has 4 saturated carbocycles. The van der Waals surface area contributed by atoms with Gasteiger partial charge in [0, 0.05) is 11.7 Å². The van der Waals surface area contributed by atoms with E-state index in [-0.39, 0.29) is 6.04 Å². The second-order valence-electron chi connectivity index (χ2n) is 9.18. The molecule has 0 saturated heterocycles. The lowest BCUT2D eigenvalue weighted by molar-refractivity contribution is -0.0802. The van der Waals surface area contributed by atoms with Crippen molar-refractivity contribution in [2.75, 3.05) is 4.72 Å². The summed E-state index contributed by atoms with van der Waals surface area (Å²) in [5, 5.41) is 0. The van der Waals surface area contributed by atoms with Gasteiger partial charge in [-0.1, -0.05) is 32.0 Å². The van der Waals surface area contributed by atoms with Gasteiger partial charge in [-0.3, -0.25) is 4.72 Å². The third kappa shape index (κ3) is 3.59. The summed E-state index contributed by atoms with van der Waals surface area (Å²) >= 11 is 0. The third-order valence-electron chi connectivity index (χ3n) is 6.56. The monoisotopic (exact) mass is 362 g/mol. The van der Waals surface area contributed by atoms with E-state index in [0.717, 1.165) is 11.8 Å². The topological polar surface area (TPSA) is 58.2 Å². The van der Waals surface area contributed by atoms with E-state index in [1.54, 1.807) is 12.1 Å². The Balaban J connectivity index is 1.48. The van der Waals surface area contributed by atoms with Crippen LogP contribution in [0.5, 0.6) is 0 Å². The van der Waals surface area contributed by atoms with Gasteiger partial charge in [-0.25, -0.2) is 0 Å². The fourth-order valence-corrected chi connectivity index (χ4v) is 7.62. The number of anilines is 1. The number of rotatable bonds is 6. The SMILES string of the molecule is CC(C)CC12CC3CC(C1)C(NS(=O)(=O)Nc1ccccc1)C(C3)C2. The van der Waals surface area contributed by atoms with E-state index < -0.39 is 10.2 Å². The van der Waals surface area contributed by atoms with E-state index in [0.29, 0.717) is 22.9 Å². The number of nitrogens with one attached hydrogen (secondary N) is 2. The van der Waals surface area contributed by atoms with Crippen LogP contribution in [0.2, 0.25) is 0 Å². The van der Waals surface area contributed by atoms with Crippen molar-refractivity contribution in [3.05, 3.63) is 30.3 Å². The molecule has 0 aliphatic heterocycles. The van der Waals surface area contributed by atoms with Crippen LogP contribution < -0.4 is 9.44 Å². The molecule has 25 heavy (non-hydrogen) atoms. The highest BCUT2D eigenvalue weighted by Gasteiger charge is 2.55. The average molecular weight is 363 g/mol. The zero-order chi connectivity index (χ0) is 17.7. The molecule has 0 heterocycles. The maximum atomic E-state index is 12.6. The van der Waals surface area contributed by atoms with Gasteiger partial charge in [0.2, 0.25) is 0 Å². The van der Waals surface area contributed by atoms with Gasteiger partial charge in [0.1, 0.15) is 0 Å². The number of benzene rings is 1. The smallest absolute Gasteiger partial charge is 0.271 e. The van der Waals surface area contributed by atoms with Crippen LogP contribution in [-0.2, 0) is 10.2 Å². The predicted molar refractivity (Wildman–Crippen MR) is 101 cm³/mol. The molecule has 0 radical (unpaired) electrons. The van der Waals surface area contributed by atoms with Gasteiger partial charge in [0.15, 0.2) is 0 Å². The Labute approximate surface area is 152 Å². The summed E-state index contributed by atoms with van der Waals surface area (Å²) in [5.74, 6) is 2.57. The van der Waals surface area contributed by atoms with Crippen molar-refractivity contribution in [2.45, 2.75) is 58.4 Å². The molecule has 0 amide bonds. The Bertz CT molecular complexity index is 696. The molecule has 4 aliphatic carbocycles. The van der Waals surface area contributed by atoms with Crippen LogP contribution in [0.25, 0.3) is 0 Å². The zero-order valence-corrected chi connectivity index (χ0v) is 16.1. The molecule has 0 spiro atoms. The van der Waals surface area contributed by atoms with Crippen molar-refractivity contribution in [3.63, 3.8) is 0 Å². The van der Waals surface area contributed by atoms with Crippen LogP contribution in [0, 0.1) is 29.1 Å². The molecule has 1 aromatic carbocycles. The lowest BCUT2D eigenvalue weighted by atomic mass is 9.47. The van der Waals surface area contributed by atoms with E-state index in [9.17, 15) is 8.42 Å². The summed E-state index contributed by atoms with van der Waals surface area (Å²) in [7, 11) is -3.52. The van der Waals surface area contributed by atoms with Crippen LogP contribution in [0.3, 0.4) is 0 Å². The van der Waals surface area contributed by atoms with E-state index in [4.69, 9.17) is 0 Å². The summed E-state index contributed by atoms with van der Waals surface area (Å²) < 4.78 is 31.0. The Kier molecular flexibility index (Phi) is 4.35. The number of para-hydroxylation sites is 1. The van der Waals surface area contributed by atoms with E-state index in [2.05, 4.69) is 23.3 Å². The summed E-state index contributed by atoms with van der Waals surface area (Å²) in [6, 6.07) is 9.25. The molecule has 4 aliphatic rings. The van der Waals surface area contributed by atoms with Gasteiger partial charge in [0.25, 0.3) is 10.2 Å². The standard InChI is InChI=1S/C20H30N2O2S/c1-14(2)10-20-11-15-8-16(12-20)19(17(9-15)13-20)22-25(23,24)21-18-6-4-3-5-7-18/h3-7,14-17,19,21-22H,8-13H2,1-2H3. The van der Waals surface area contributed by atoms with Gasteiger partial charge < -0.3 is 0 Å². The van der Waals surface area contributed by atoms with Crippen molar-refractivity contribution >= 4 is 15.9 Å². The minimum atomic E-state index is -3.52. The highest BCUT2D eigenvalue weighted by Crippen LogP contribution is 2.62. The largest absolute Gasteiger partial charge is 0.299 e. The summed E-state index contributed by atoms with van der Waals surface area (Å²) in [6.45, 7) is 4.64. The van der Waals surface area contributed by atoms with Gasteiger partial charge in [-0.2, -0.15) is 13.1 Å². The first kappa shape index (κ1) is 17.3. The maximum absolute atomic E-state index is 12.6. The third-order valence-corrected chi connectivity index (χ3v) is 7.65. The average Bonchev–Trinajstić information content (AvgIpc) is 2.49. The maximum Gasteiger partial charge on any atom is 0.299 e. The fraction of sp³-hybridized carbons (Fsp3) is 0.700. The van der Waals surface area contributed by atoms with Gasteiger partial charge >= 0.3 is 0 Å². The molecule has 2 unspecified atom stereocenters. The zero-order valence-electron chi connectivity index (χ0n) is 15.2. The quantitative estimate of drug-likeness (QED) is 0.798. The highest BCUT2D eigenvalue weighted by molar-refractivity contribution is 7.90. The lowest BCUT2D eigenvalue weighted by Crippen LogP contribution is -2.59. The van der Waals surface area contributed by atoms with Crippen molar-refractivity contribution in [3.8, 4) is 0 Å². The lowest BCUT2D eigenvalue weighted by Gasteiger charge is -2.60. The van der Waals surface area contributed by atoms with Crippen LogP contribution in [0.15, 0.2) is 30.3 Å². The first-order valence-corrected chi connectivity index (χ1v) is 11.2. The van der Waals surface area contributed by atoms with Crippen molar-refractivity contribution < 1.29 is 8.42 Å². The Morgan fingerprint density at radius 2 is 1.72 bits per heavy atom. The molecule has 5 rings (SSSR count). The van der Waals surface area contributed by atoms with E-state index >= 15 is 0 Å². The Hall–Kier alpha value is -1.07. The summed E-state index contributed by atoms with van der Waals surface area (Å²) in [6.07, 6.45) is 7.50. The highest BCUT2D eigenvalue weighted by atomic mass is 32.2. The van der Waals surface area contributed by atoms with Gasteiger partial charge in [0.05, 0.1) is 0 Å². The molecule has 4 fully saturated rings.